The number of amides is 2. The molecule has 0 bridgehead atoms. The fourth-order valence-electron chi connectivity index (χ4n) is 6.64. The Labute approximate surface area is 195 Å². The topological polar surface area (TPSA) is 78.1 Å². The number of aryl methyl sites for hydroxylation is 1. The highest BCUT2D eigenvalue weighted by Gasteiger charge is 2.48. The van der Waals surface area contributed by atoms with Crippen LogP contribution in [0.1, 0.15) is 79.4 Å². The molecule has 3 aliphatic carbocycles. The van der Waals surface area contributed by atoms with Crippen molar-refractivity contribution >= 4 is 11.8 Å². The molecule has 1 spiro atoms. The van der Waals surface area contributed by atoms with E-state index in [1.165, 1.54) is 37.7 Å². The third kappa shape index (κ3) is 3.87. The molecule has 1 aromatic carbocycles. The Morgan fingerprint density at radius 3 is 2.76 bits per heavy atom. The van der Waals surface area contributed by atoms with Crippen molar-refractivity contribution in [1.82, 2.24) is 20.4 Å². The van der Waals surface area contributed by atoms with Crippen molar-refractivity contribution in [3.8, 4) is 11.3 Å². The third-order valence-electron chi connectivity index (χ3n) is 8.61. The van der Waals surface area contributed by atoms with E-state index in [0.29, 0.717) is 24.1 Å². The number of aromatic amines is 1. The minimum atomic E-state index is 0.0954. The Hall–Kier alpha value is -2.63. The van der Waals surface area contributed by atoms with E-state index in [2.05, 4.69) is 38.6 Å². The summed E-state index contributed by atoms with van der Waals surface area (Å²) in [6, 6.07) is 8.80. The summed E-state index contributed by atoms with van der Waals surface area (Å²) in [7, 11) is 0. The van der Waals surface area contributed by atoms with Gasteiger partial charge in [-0.25, -0.2) is 0 Å². The van der Waals surface area contributed by atoms with Gasteiger partial charge in [-0.1, -0.05) is 43.5 Å². The van der Waals surface area contributed by atoms with Crippen molar-refractivity contribution in [2.75, 3.05) is 13.1 Å². The normalized spacial score (nSPS) is 23.3. The van der Waals surface area contributed by atoms with Gasteiger partial charge in [0.2, 0.25) is 5.91 Å². The SMILES string of the molecule is O=C(CCC1CN(C(=O)c2[nH]nc3c2CCc2ccccc2-3)CC12CCCCC2)NC1CC1. The van der Waals surface area contributed by atoms with Gasteiger partial charge < -0.3 is 10.2 Å². The molecule has 2 aromatic rings. The van der Waals surface area contributed by atoms with Crippen LogP contribution in [0.25, 0.3) is 11.3 Å². The van der Waals surface area contributed by atoms with Gasteiger partial charge in [-0.3, -0.25) is 14.7 Å². The largest absolute Gasteiger partial charge is 0.353 e. The maximum Gasteiger partial charge on any atom is 0.272 e. The molecule has 1 saturated heterocycles. The highest BCUT2D eigenvalue weighted by Crippen LogP contribution is 2.49. The van der Waals surface area contributed by atoms with Crippen molar-refractivity contribution in [2.45, 2.75) is 76.7 Å². The highest BCUT2D eigenvalue weighted by atomic mass is 16.2. The van der Waals surface area contributed by atoms with E-state index in [1.54, 1.807) is 0 Å². The highest BCUT2D eigenvalue weighted by molar-refractivity contribution is 5.96. The molecule has 174 valence electrons. The Morgan fingerprint density at radius 2 is 1.94 bits per heavy atom. The first-order valence-electron chi connectivity index (χ1n) is 12.9. The van der Waals surface area contributed by atoms with Crippen molar-refractivity contribution in [1.29, 1.82) is 0 Å². The molecule has 1 atom stereocenters. The molecule has 0 radical (unpaired) electrons. The molecule has 4 aliphatic rings. The van der Waals surface area contributed by atoms with Crippen molar-refractivity contribution in [2.24, 2.45) is 11.3 Å². The van der Waals surface area contributed by atoms with Crippen LogP contribution in [0, 0.1) is 11.3 Å². The molecule has 1 aromatic heterocycles. The van der Waals surface area contributed by atoms with Gasteiger partial charge in [-0.15, -0.1) is 0 Å². The van der Waals surface area contributed by atoms with Gasteiger partial charge in [0.1, 0.15) is 5.69 Å². The predicted molar refractivity (Wildman–Crippen MR) is 127 cm³/mol. The molecular formula is C27H34N4O2. The molecular weight excluding hydrogens is 412 g/mol. The van der Waals surface area contributed by atoms with Gasteiger partial charge in [0.15, 0.2) is 0 Å². The number of nitrogens with one attached hydrogen (secondary N) is 2. The quantitative estimate of drug-likeness (QED) is 0.721. The number of rotatable bonds is 5. The van der Waals surface area contributed by atoms with Crippen LogP contribution in [0.4, 0.5) is 0 Å². The lowest BCUT2D eigenvalue weighted by molar-refractivity contribution is -0.121. The Morgan fingerprint density at radius 1 is 1.12 bits per heavy atom. The van der Waals surface area contributed by atoms with E-state index < -0.39 is 0 Å². The predicted octanol–water partition coefficient (Wildman–Crippen LogP) is 4.26. The standard InChI is InChI=1S/C27H34N4O2/c32-23(28-20-10-11-20)13-9-19-16-31(17-27(19)14-4-1-5-15-27)26(33)25-22-12-8-18-6-2-3-7-21(18)24(22)29-30-25/h2-3,6-7,19-20H,1,4-5,8-17H2,(H,28,32)(H,29,30). The number of hydrogen-bond donors (Lipinski definition) is 2. The van der Waals surface area contributed by atoms with E-state index in [0.717, 1.165) is 62.0 Å². The number of H-pyrrole nitrogens is 1. The smallest absolute Gasteiger partial charge is 0.272 e. The first-order valence-corrected chi connectivity index (χ1v) is 12.9. The van der Waals surface area contributed by atoms with Crippen LogP contribution in [0.3, 0.4) is 0 Å². The number of fused-ring (bicyclic) bond motifs is 3. The molecule has 2 saturated carbocycles. The lowest BCUT2D eigenvalue weighted by Crippen LogP contribution is -2.35. The molecule has 2 heterocycles. The Bertz CT molecular complexity index is 1060. The van der Waals surface area contributed by atoms with E-state index in [1.807, 2.05) is 6.07 Å². The van der Waals surface area contributed by atoms with E-state index in [-0.39, 0.29) is 17.2 Å². The molecule has 3 fully saturated rings. The first kappa shape index (κ1) is 20.9. The van der Waals surface area contributed by atoms with Crippen molar-refractivity contribution in [3.05, 3.63) is 41.1 Å². The lowest BCUT2D eigenvalue weighted by atomic mass is 9.66. The van der Waals surface area contributed by atoms with Crippen LogP contribution < -0.4 is 5.32 Å². The number of nitrogens with zero attached hydrogens (tertiary/aromatic N) is 2. The summed E-state index contributed by atoms with van der Waals surface area (Å²) < 4.78 is 0. The zero-order valence-electron chi connectivity index (χ0n) is 19.4. The summed E-state index contributed by atoms with van der Waals surface area (Å²) in [4.78, 5) is 28.2. The van der Waals surface area contributed by atoms with Crippen LogP contribution in [0.15, 0.2) is 24.3 Å². The molecule has 1 unspecified atom stereocenters. The van der Waals surface area contributed by atoms with Crippen LogP contribution in [-0.4, -0.2) is 46.0 Å². The van der Waals surface area contributed by atoms with Gasteiger partial charge in [0, 0.05) is 36.7 Å². The third-order valence-corrected chi connectivity index (χ3v) is 8.61. The van der Waals surface area contributed by atoms with Crippen molar-refractivity contribution < 1.29 is 9.59 Å². The van der Waals surface area contributed by atoms with Crippen LogP contribution in [0.2, 0.25) is 0 Å². The number of hydrogen-bond acceptors (Lipinski definition) is 3. The number of benzene rings is 1. The fraction of sp³-hybridized carbons (Fsp3) is 0.593. The van der Waals surface area contributed by atoms with E-state index in [4.69, 9.17) is 0 Å². The van der Waals surface area contributed by atoms with Gasteiger partial charge >= 0.3 is 0 Å². The van der Waals surface area contributed by atoms with Crippen molar-refractivity contribution in [3.63, 3.8) is 0 Å². The van der Waals surface area contributed by atoms with Gasteiger partial charge in [-0.2, -0.15) is 5.10 Å². The number of aromatic nitrogens is 2. The second kappa shape index (κ2) is 8.30. The first-order chi connectivity index (χ1) is 16.1. The van der Waals surface area contributed by atoms with Crippen LogP contribution in [-0.2, 0) is 17.6 Å². The summed E-state index contributed by atoms with van der Waals surface area (Å²) in [5.41, 5.74) is 5.34. The summed E-state index contributed by atoms with van der Waals surface area (Å²) in [6.07, 6.45) is 11.7. The molecule has 6 nitrogen and oxygen atoms in total. The maximum absolute atomic E-state index is 13.7. The second-order valence-electron chi connectivity index (χ2n) is 10.8. The van der Waals surface area contributed by atoms with Crippen LogP contribution in [0.5, 0.6) is 0 Å². The van der Waals surface area contributed by atoms with Crippen LogP contribution >= 0.6 is 0 Å². The minimum Gasteiger partial charge on any atom is -0.353 e. The summed E-state index contributed by atoms with van der Waals surface area (Å²) in [6.45, 7) is 1.59. The minimum absolute atomic E-state index is 0.0954. The monoisotopic (exact) mass is 446 g/mol. The Balaban J connectivity index is 1.21. The van der Waals surface area contributed by atoms with E-state index >= 15 is 0 Å². The summed E-state index contributed by atoms with van der Waals surface area (Å²) in [5, 5.41) is 10.8. The zero-order valence-corrected chi connectivity index (χ0v) is 19.4. The molecule has 2 N–H and O–H groups in total. The fourth-order valence-corrected chi connectivity index (χ4v) is 6.64. The lowest BCUT2D eigenvalue weighted by Gasteiger charge is -2.38. The number of carbonyl (C=O) groups excluding carboxylic acids is 2. The van der Waals surface area contributed by atoms with Gasteiger partial charge in [-0.05, 0) is 61.8 Å². The second-order valence-corrected chi connectivity index (χ2v) is 10.8. The molecule has 6 rings (SSSR count). The van der Waals surface area contributed by atoms with Gasteiger partial charge in [0.25, 0.3) is 5.91 Å². The Kier molecular flexibility index (Phi) is 5.27. The summed E-state index contributed by atoms with van der Waals surface area (Å²) in [5.74, 6) is 0.693. The molecule has 2 amide bonds. The average molecular weight is 447 g/mol. The molecule has 6 heteroatoms. The zero-order chi connectivity index (χ0) is 22.4. The summed E-state index contributed by atoms with van der Waals surface area (Å²) >= 11 is 0. The average Bonchev–Trinajstić information content (AvgIpc) is 3.43. The molecule has 1 aliphatic heterocycles. The molecule has 33 heavy (non-hydrogen) atoms. The number of likely N-dealkylation sites (tertiary alicyclic amines) is 1. The number of carbonyl (C=O) groups is 2. The van der Waals surface area contributed by atoms with E-state index in [9.17, 15) is 9.59 Å². The maximum atomic E-state index is 13.7. The van der Waals surface area contributed by atoms with Gasteiger partial charge in [0.05, 0.1) is 5.69 Å².